The number of rotatable bonds is 3. The summed E-state index contributed by atoms with van der Waals surface area (Å²) in [6.45, 7) is 8.05. The fourth-order valence-corrected chi connectivity index (χ4v) is 2.30. The maximum Gasteiger partial charge on any atom is 0.338 e. The molecule has 1 aliphatic rings. The predicted molar refractivity (Wildman–Crippen MR) is 81.1 cm³/mol. The molecule has 4 heteroatoms. The van der Waals surface area contributed by atoms with Crippen LogP contribution in [0, 0.1) is 0 Å². The molecule has 0 atom stereocenters. The van der Waals surface area contributed by atoms with Gasteiger partial charge < -0.3 is 4.74 Å². The van der Waals surface area contributed by atoms with Crippen molar-refractivity contribution in [2.24, 2.45) is 0 Å². The fraction of sp³-hybridized carbons (Fsp3) is 0.529. The maximum atomic E-state index is 11.9. The van der Waals surface area contributed by atoms with Crippen LogP contribution in [-0.2, 0) is 16.1 Å². The second-order valence-electron chi connectivity index (χ2n) is 6.51. The molecule has 1 fully saturated rings. The third kappa shape index (κ3) is 4.97. The van der Waals surface area contributed by atoms with Crippen molar-refractivity contribution in [1.82, 2.24) is 4.90 Å². The Labute approximate surface area is 126 Å². The molecule has 2 rings (SSSR count). The van der Waals surface area contributed by atoms with E-state index in [9.17, 15) is 9.59 Å². The van der Waals surface area contributed by atoms with E-state index in [1.165, 1.54) is 0 Å². The summed E-state index contributed by atoms with van der Waals surface area (Å²) in [5.41, 5.74) is 1.25. The number of ether oxygens (including phenoxy) is 1. The summed E-state index contributed by atoms with van der Waals surface area (Å²) in [5, 5.41) is 0. The van der Waals surface area contributed by atoms with Crippen LogP contribution in [-0.4, -0.2) is 35.3 Å². The molecule has 0 unspecified atom stereocenters. The van der Waals surface area contributed by atoms with E-state index in [0.717, 1.165) is 25.2 Å². The van der Waals surface area contributed by atoms with Gasteiger partial charge in [-0.2, -0.15) is 0 Å². The van der Waals surface area contributed by atoms with E-state index in [1.807, 2.05) is 32.9 Å². The highest BCUT2D eigenvalue weighted by molar-refractivity contribution is 5.89. The van der Waals surface area contributed by atoms with E-state index in [-0.39, 0.29) is 5.97 Å². The molecule has 0 saturated carbocycles. The summed E-state index contributed by atoms with van der Waals surface area (Å²) in [7, 11) is 0. The Morgan fingerprint density at radius 2 is 1.71 bits per heavy atom. The molecule has 0 amide bonds. The molecule has 0 aromatic heterocycles. The van der Waals surface area contributed by atoms with Crippen LogP contribution in [0.2, 0.25) is 0 Å². The molecular formula is C17H23NO3. The van der Waals surface area contributed by atoms with Gasteiger partial charge in [-0.05, 0) is 38.5 Å². The minimum atomic E-state index is -0.476. The van der Waals surface area contributed by atoms with Crippen molar-refractivity contribution >= 4 is 11.8 Å². The lowest BCUT2D eigenvalue weighted by molar-refractivity contribution is -0.121. The van der Waals surface area contributed by atoms with E-state index in [0.29, 0.717) is 24.2 Å². The predicted octanol–water partition coefficient (Wildman–Crippen LogP) is 2.81. The van der Waals surface area contributed by atoms with Gasteiger partial charge in [0.25, 0.3) is 0 Å². The lowest BCUT2D eigenvalue weighted by Crippen LogP contribution is -2.33. The van der Waals surface area contributed by atoms with E-state index >= 15 is 0 Å². The van der Waals surface area contributed by atoms with Crippen LogP contribution in [0.15, 0.2) is 24.3 Å². The Morgan fingerprint density at radius 3 is 2.24 bits per heavy atom. The number of esters is 1. The van der Waals surface area contributed by atoms with Crippen molar-refractivity contribution in [3.05, 3.63) is 35.4 Å². The molecule has 1 saturated heterocycles. The van der Waals surface area contributed by atoms with E-state index in [4.69, 9.17) is 4.74 Å². The summed E-state index contributed by atoms with van der Waals surface area (Å²) in [6, 6.07) is 7.52. The van der Waals surface area contributed by atoms with Crippen molar-refractivity contribution in [2.45, 2.75) is 45.8 Å². The van der Waals surface area contributed by atoms with Gasteiger partial charge in [0, 0.05) is 32.5 Å². The molecule has 0 aliphatic carbocycles. The number of carbonyl (C=O) groups is 2. The molecule has 0 bridgehead atoms. The Hall–Kier alpha value is -1.68. The quantitative estimate of drug-likeness (QED) is 0.803. The summed E-state index contributed by atoms with van der Waals surface area (Å²) >= 11 is 0. The third-order valence-corrected chi connectivity index (χ3v) is 3.41. The molecule has 1 heterocycles. The highest BCUT2D eigenvalue weighted by atomic mass is 16.6. The standard InChI is InChI=1S/C17H23NO3/c1-17(2,3)21-16(20)14-6-4-13(5-7-14)12-18-10-8-15(19)9-11-18/h4-7H,8-12H2,1-3H3. The smallest absolute Gasteiger partial charge is 0.338 e. The lowest BCUT2D eigenvalue weighted by Gasteiger charge is -2.25. The van der Waals surface area contributed by atoms with Gasteiger partial charge in [-0.25, -0.2) is 4.79 Å². The van der Waals surface area contributed by atoms with Crippen LogP contribution >= 0.6 is 0 Å². The van der Waals surface area contributed by atoms with E-state index in [1.54, 1.807) is 12.1 Å². The second-order valence-corrected chi connectivity index (χ2v) is 6.51. The number of piperidine rings is 1. The zero-order valence-electron chi connectivity index (χ0n) is 13.0. The number of hydrogen-bond donors (Lipinski definition) is 0. The number of nitrogens with zero attached hydrogens (tertiary/aromatic N) is 1. The number of benzene rings is 1. The third-order valence-electron chi connectivity index (χ3n) is 3.41. The van der Waals surface area contributed by atoms with Gasteiger partial charge >= 0.3 is 5.97 Å². The van der Waals surface area contributed by atoms with Gasteiger partial charge in [0.15, 0.2) is 0 Å². The highest BCUT2D eigenvalue weighted by Crippen LogP contribution is 2.15. The first-order chi connectivity index (χ1) is 9.83. The fourth-order valence-electron chi connectivity index (χ4n) is 2.30. The highest BCUT2D eigenvalue weighted by Gasteiger charge is 2.18. The van der Waals surface area contributed by atoms with Crippen LogP contribution in [0.4, 0.5) is 0 Å². The normalized spacial score (nSPS) is 16.8. The van der Waals surface area contributed by atoms with Crippen molar-refractivity contribution in [1.29, 1.82) is 0 Å². The first-order valence-electron chi connectivity index (χ1n) is 7.40. The number of carbonyl (C=O) groups excluding carboxylic acids is 2. The monoisotopic (exact) mass is 289 g/mol. The maximum absolute atomic E-state index is 11.9. The van der Waals surface area contributed by atoms with E-state index in [2.05, 4.69) is 4.90 Å². The van der Waals surface area contributed by atoms with Crippen LogP contribution < -0.4 is 0 Å². The minimum absolute atomic E-state index is 0.294. The molecular weight excluding hydrogens is 266 g/mol. The average Bonchev–Trinajstić information content (AvgIpc) is 2.40. The molecule has 1 aromatic rings. The molecule has 1 aliphatic heterocycles. The van der Waals surface area contributed by atoms with Crippen molar-refractivity contribution in [2.75, 3.05) is 13.1 Å². The van der Waals surface area contributed by atoms with Gasteiger partial charge in [-0.3, -0.25) is 9.69 Å². The van der Waals surface area contributed by atoms with Gasteiger partial charge in [0.2, 0.25) is 0 Å². The molecule has 0 spiro atoms. The average molecular weight is 289 g/mol. The molecule has 0 N–H and O–H groups in total. The molecule has 1 aromatic carbocycles. The van der Waals surface area contributed by atoms with Crippen LogP contribution in [0.25, 0.3) is 0 Å². The molecule has 0 radical (unpaired) electrons. The number of ketones is 1. The van der Waals surface area contributed by atoms with Crippen molar-refractivity contribution in [3.8, 4) is 0 Å². The Morgan fingerprint density at radius 1 is 1.14 bits per heavy atom. The topological polar surface area (TPSA) is 46.6 Å². The lowest BCUT2D eigenvalue weighted by atomic mass is 10.1. The first kappa shape index (κ1) is 15.7. The van der Waals surface area contributed by atoms with E-state index < -0.39 is 5.60 Å². The molecule has 21 heavy (non-hydrogen) atoms. The van der Waals surface area contributed by atoms with Gasteiger partial charge in [-0.15, -0.1) is 0 Å². The summed E-state index contributed by atoms with van der Waals surface area (Å²) in [4.78, 5) is 25.4. The van der Waals surface area contributed by atoms with Gasteiger partial charge in [-0.1, -0.05) is 12.1 Å². The van der Waals surface area contributed by atoms with Crippen LogP contribution in [0.1, 0.15) is 49.5 Å². The molecule has 114 valence electrons. The number of hydrogen-bond acceptors (Lipinski definition) is 4. The van der Waals surface area contributed by atoms with Crippen molar-refractivity contribution in [3.63, 3.8) is 0 Å². The zero-order valence-corrected chi connectivity index (χ0v) is 13.0. The first-order valence-corrected chi connectivity index (χ1v) is 7.40. The van der Waals surface area contributed by atoms with Crippen LogP contribution in [0.3, 0.4) is 0 Å². The zero-order chi connectivity index (χ0) is 15.5. The van der Waals surface area contributed by atoms with Gasteiger partial charge in [0.1, 0.15) is 11.4 Å². The Balaban J connectivity index is 1.93. The number of likely N-dealkylation sites (tertiary alicyclic amines) is 1. The largest absolute Gasteiger partial charge is 0.456 e. The number of Topliss-reactive ketones (excluding diaryl/α,β-unsaturated/α-hetero) is 1. The second kappa shape index (κ2) is 6.39. The summed E-state index contributed by atoms with van der Waals surface area (Å²) in [5.74, 6) is 0.0594. The van der Waals surface area contributed by atoms with Crippen LogP contribution in [0.5, 0.6) is 0 Å². The van der Waals surface area contributed by atoms with Gasteiger partial charge in [0.05, 0.1) is 5.56 Å². The molecule has 4 nitrogen and oxygen atoms in total. The van der Waals surface area contributed by atoms with Crippen molar-refractivity contribution < 1.29 is 14.3 Å². The Bertz CT molecular complexity index is 504. The summed E-state index contributed by atoms with van der Waals surface area (Å²) in [6.07, 6.45) is 1.30. The summed E-state index contributed by atoms with van der Waals surface area (Å²) < 4.78 is 5.34. The minimum Gasteiger partial charge on any atom is -0.456 e. The SMILES string of the molecule is CC(C)(C)OC(=O)c1ccc(CN2CCC(=O)CC2)cc1. The Kier molecular flexibility index (Phi) is 4.78.